The van der Waals surface area contributed by atoms with Gasteiger partial charge in [-0.2, -0.15) is 4.98 Å². The lowest BCUT2D eigenvalue weighted by Gasteiger charge is -2.12. The highest BCUT2D eigenvalue weighted by Crippen LogP contribution is 2.24. The SMILES string of the molecule is O=c1nc(N[C@H]2CS[C@@H](CO)O2)cc[nH]1. The molecule has 6 nitrogen and oxygen atoms in total. The fraction of sp³-hybridized carbons (Fsp3) is 0.500. The molecule has 0 radical (unpaired) electrons. The van der Waals surface area contributed by atoms with Crippen LogP contribution in [0, 0.1) is 0 Å². The third kappa shape index (κ3) is 2.71. The molecule has 1 aliphatic heterocycles. The lowest BCUT2D eigenvalue weighted by atomic mass is 10.5. The number of hydrogen-bond acceptors (Lipinski definition) is 6. The standard InChI is InChI=1S/C8H11N3O3S/c12-3-7-14-6(4-15-7)10-5-1-2-9-8(13)11-5/h1-2,6-7,12H,3-4H2,(H2,9,10,11,13)/t6-,7+/m1/s1. The first kappa shape index (κ1) is 10.5. The van der Waals surface area contributed by atoms with E-state index < -0.39 is 5.69 Å². The van der Waals surface area contributed by atoms with E-state index in [-0.39, 0.29) is 18.3 Å². The molecule has 1 aliphatic rings. The molecule has 2 rings (SSSR count). The number of nitrogens with one attached hydrogen (secondary N) is 2. The van der Waals surface area contributed by atoms with Gasteiger partial charge < -0.3 is 20.1 Å². The van der Waals surface area contributed by atoms with Crippen LogP contribution in [-0.4, -0.2) is 39.1 Å². The predicted molar refractivity (Wildman–Crippen MR) is 56.7 cm³/mol. The maximum atomic E-state index is 10.9. The van der Waals surface area contributed by atoms with Crippen molar-refractivity contribution in [1.29, 1.82) is 0 Å². The number of aliphatic hydroxyl groups is 1. The fourth-order valence-corrected chi connectivity index (χ4v) is 2.11. The summed E-state index contributed by atoms with van der Waals surface area (Å²) >= 11 is 1.53. The van der Waals surface area contributed by atoms with Crippen LogP contribution in [0.15, 0.2) is 17.1 Å². The second-order valence-corrected chi connectivity index (χ2v) is 4.19. The van der Waals surface area contributed by atoms with Crippen LogP contribution in [0.2, 0.25) is 0 Å². The molecule has 0 amide bonds. The van der Waals surface area contributed by atoms with Crippen molar-refractivity contribution in [2.75, 3.05) is 17.7 Å². The van der Waals surface area contributed by atoms with Crippen LogP contribution in [0.4, 0.5) is 5.82 Å². The quantitative estimate of drug-likeness (QED) is 0.653. The average molecular weight is 229 g/mol. The van der Waals surface area contributed by atoms with Gasteiger partial charge in [0.15, 0.2) is 0 Å². The normalized spacial score (nSPS) is 25.4. The van der Waals surface area contributed by atoms with Crippen LogP contribution in [0.3, 0.4) is 0 Å². The fourth-order valence-electron chi connectivity index (χ4n) is 1.24. The van der Waals surface area contributed by atoms with Crippen molar-refractivity contribution in [1.82, 2.24) is 9.97 Å². The van der Waals surface area contributed by atoms with Gasteiger partial charge in [0.1, 0.15) is 17.5 Å². The first-order valence-electron chi connectivity index (χ1n) is 4.48. The highest BCUT2D eigenvalue weighted by molar-refractivity contribution is 8.00. The number of anilines is 1. The Labute approximate surface area is 90.1 Å². The molecule has 0 saturated carbocycles. The second kappa shape index (κ2) is 4.65. The van der Waals surface area contributed by atoms with Crippen molar-refractivity contribution in [3.63, 3.8) is 0 Å². The molecule has 15 heavy (non-hydrogen) atoms. The number of rotatable bonds is 3. The van der Waals surface area contributed by atoms with E-state index in [9.17, 15) is 4.79 Å². The maximum absolute atomic E-state index is 10.9. The van der Waals surface area contributed by atoms with Crippen molar-refractivity contribution >= 4 is 17.6 Å². The van der Waals surface area contributed by atoms with E-state index in [0.717, 1.165) is 5.75 Å². The Morgan fingerprint density at radius 2 is 2.67 bits per heavy atom. The number of H-pyrrole nitrogens is 1. The molecule has 1 fully saturated rings. The number of nitrogens with zero attached hydrogens (tertiary/aromatic N) is 1. The molecule has 0 aliphatic carbocycles. The largest absolute Gasteiger partial charge is 0.393 e. The molecule has 82 valence electrons. The lowest BCUT2D eigenvalue weighted by molar-refractivity contribution is 0.0487. The molecule has 2 heterocycles. The second-order valence-electron chi connectivity index (χ2n) is 2.99. The molecular weight excluding hydrogens is 218 g/mol. The zero-order valence-electron chi connectivity index (χ0n) is 7.84. The van der Waals surface area contributed by atoms with E-state index in [1.807, 2.05) is 0 Å². The molecule has 0 unspecified atom stereocenters. The van der Waals surface area contributed by atoms with Gasteiger partial charge in [-0.15, -0.1) is 11.8 Å². The van der Waals surface area contributed by atoms with Gasteiger partial charge in [0.05, 0.1) is 6.61 Å². The van der Waals surface area contributed by atoms with Crippen LogP contribution < -0.4 is 11.0 Å². The molecule has 2 atom stereocenters. The molecule has 3 N–H and O–H groups in total. The lowest BCUT2D eigenvalue weighted by Crippen LogP contribution is -2.25. The topological polar surface area (TPSA) is 87.2 Å². The van der Waals surface area contributed by atoms with Gasteiger partial charge in [0.25, 0.3) is 0 Å². The summed E-state index contributed by atoms with van der Waals surface area (Å²) in [6.07, 6.45) is 1.31. The van der Waals surface area contributed by atoms with E-state index in [1.54, 1.807) is 6.07 Å². The molecule has 0 aromatic carbocycles. The monoisotopic (exact) mass is 229 g/mol. The van der Waals surface area contributed by atoms with Crippen molar-refractivity contribution in [2.24, 2.45) is 0 Å². The van der Waals surface area contributed by atoms with Crippen LogP contribution in [-0.2, 0) is 4.74 Å². The Kier molecular flexibility index (Phi) is 3.24. The van der Waals surface area contributed by atoms with Crippen LogP contribution >= 0.6 is 11.8 Å². The average Bonchev–Trinajstić information content (AvgIpc) is 2.65. The van der Waals surface area contributed by atoms with E-state index >= 15 is 0 Å². The summed E-state index contributed by atoms with van der Waals surface area (Å²) in [5, 5.41) is 11.8. The summed E-state index contributed by atoms with van der Waals surface area (Å²) in [4.78, 5) is 17.0. The number of aromatic nitrogens is 2. The molecule has 0 spiro atoms. The minimum atomic E-state index is -0.399. The van der Waals surface area contributed by atoms with Crippen molar-refractivity contribution < 1.29 is 9.84 Å². The number of aromatic amines is 1. The van der Waals surface area contributed by atoms with Crippen molar-refractivity contribution in [3.8, 4) is 0 Å². The number of ether oxygens (including phenoxy) is 1. The van der Waals surface area contributed by atoms with E-state index in [4.69, 9.17) is 9.84 Å². The maximum Gasteiger partial charge on any atom is 0.346 e. The number of aliphatic hydroxyl groups excluding tert-OH is 1. The first-order valence-corrected chi connectivity index (χ1v) is 5.53. The van der Waals surface area contributed by atoms with E-state index in [0.29, 0.717) is 5.82 Å². The van der Waals surface area contributed by atoms with E-state index in [1.165, 1.54) is 18.0 Å². The summed E-state index contributed by atoms with van der Waals surface area (Å²) in [6.45, 7) is -0.00829. The summed E-state index contributed by atoms with van der Waals surface area (Å²) in [5.41, 5.74) is -0.589. The summed E-state index contributed by atoms with van der Waals surface area (Å²) in [5.74, 6) is 1.20. The van der Waals surface area contributed by atoms with Gasteiger partial charge >= 0.3 is 5.69 Å². The minimum absolute atomic E-state index is 0.00829. The zero-order chi connectivity index (χ0) is 10.7. The van der Waals surface area contributed by atoms with Crippen LogP contribution in [0.5, 0.6) is 0 Å². The molecule has 1 aromatic heterocycles. The number of thioether (sulfide) groups is 1. The Morgan fingerprint density at radius 1 is 1.80 bits per heavy atom. The summed E-state index contributed by atoms with van der Waals surface area (Å²) < 4.78 is 5.40. The van der Waals surface area contributed by atoms with E-state index in [2.05, 4.69) is 15.3 Å². The Morgan fingerprint density at radius 3 is 3.33 bits per heavy atom. The molecule has 1 saturated heterocycles. The van der Waals surface area contributed by atoms with Gasteiger partial charge in [0.2, 0.25) is 0 Å². The number of hydrogen-bond donors (Lipinski definition) is 3. The van der Waals surface area contributed by atoms with Gasteiger partial charge in [-0.3, -0.25) is 0 Å². The van der Waals surface area contributed by atoms with Gasteiger partial charge in [-0.05, 0) is 6.07 Å². The van der Waals surface area contributed by atoms with Crippen LogP contribution in [0.25, 0.3) is 0 Å². The molecule has 1 aromatic rings. The highest BCUT2D eigenvalue weighted by Gasteiger charge is 2.25. The third-order valence-corrected chi connectivity index (χ3v) is 3.00. The Hall–Kier alpha value is -1.05. The summed E-state index contributed by atoms with van der Waals surface area (Å²) in [7, 11) is 0. The Balaban J connectivity index is 1.95. The summed E-state index contributed by atoms with van der Waals surface area (Å²) in [6, 6.07) is 1.65. The molecule has 7 heteroatoms. The first-order chi connectivity index (χ1) is 7.28. The highest BCUT2D eigenvalue weighted by atomic mass is 32.2. The van der Waals surface area contributed by atoms with Crippen molar-refractivity contribution in [2.45, 2.75) is 11.7 Å². The van der Waals surface area contributed by atoms with Crippen LogP contribution in [0.1, 0.15) is 0 Å². The third-order valence-electron chi connectivity index (χ3n) is 1.88. The van der Waals surface area contributed by atoms with Gasteiger partial charge in [-0.25, -0.2) is 4.79 Å². The molecular formula is C8H11N3O3S. The minimum Gasteiger partial charge on any atom is -0.393 e. The van der Waals surface area contributed by atoms with Crippen molar-refractivity contribution in [3.05, 3.63) is 22.7 Å². The Bertz CT molecular complexity index is 383. The van der Waals surface area contributed by atoms with Gasteiger partial charge in [0, 0.05) is 11.9 Å². The zero-order valence-corrected chi connectivity index (χ0v) is 8.66. The predicted octanol–water partition coefficient (Wildman–Crippen LogP) is -0.410. The van der Waals surface area contributed by atoms with Gasteiger partial charge in [-0.1, -0.05) is 0 Å². The smallest absolute Gasteiger partial charge is 0.346 e. The molecule has 0 bridgehead atoms.